The van der Waals surface area contributed by atoms with E-state index in [-0.39, 0.29) is 17.8 Å². The Hall–Kier alpha value is -2.69. The first-order chi connectivity index (χ1) is 15.0. The molecule has 168 valence electrons. The number of carbonyl (C=O) groups is 1. The van der Waals surface area contributed by atoms with E-state index in [1.54, 1.807) is 6.08 Å². The maximum atomic E-state index is 13.8. The highest BCUT2D eigenvalue weighted by molar-refractivity contribution is 5.88. The summed E-state index contributed by atoms with van der Waals surface area (Å²) in [5.41, 5.74) is 0.945. The Morgan fingerprint density at radius 3 is 2.58 bits per heavy atom. The lowest BCUT2D eigenvalue weighted by atomic mass is 10.1. The molecule has 1 unspecified atom stereocenters. The Labute approximate surface area is 185 Å². The maximum Gasteiger partial charge on any atom is 0.244 e. The van der Waals surface area contributed by atoms with Crippen molar-refractivity contribution in [3.05, 3.63) is 60.5 Å². The molecule has 1 N–H and O–H groups in total. The lowest BCUT2D eigenvalue weighted by molar-refractivity contribution is -0.117. The van der Waals surface area contributed by atoms with Gasteiger partial charge in [-0.05, 0) is 56.4 Å². The van der Waals surface area contributed by atoms with Gasteiger partial charge < -0.3 is 10.1 Å². The summed E-state index contributed by atoms with van der Waals surface area (Å²) in [6, 6.07) is 12.0. The van der Waals surface area contributed by atoms with Crippen LogP contribution in [0, 0.1) is 5.92 Å². The molecule has 0 radical (unpaired) electrons. The summed E-state index contributed by atoms with van der Waals surface area (Å²) in [6.07, 6.45) is 9.85. The van der Waals surface area contributed by atoms with Crippen LogP contribution in [0.25, 0.3) is 10.9 Å². The van der Waals surface area contributed by atoms with Gasteiger partial charge in [-0.1, -0.05) is 51.3 Å². The summed E-state index contributed by atoms with van der Waals surface area (Å²) >= 11 is 0. The van der Waals surface area contributed by atoms with Gasteiger partial charge in [0, 0.05) is 23.6 Å². The van der Waals surface area contributed by atoms with Crippen molar-refractivity contribution in [3.63, 3.8) is 0 Å². The van der Waals surface area contributed by atoms with Gasteiger partial charge in [0.1, 0.15) is 5.83 Å². The topological polar surface area (TPSA) is 51.2 Å². The Bertz CT molecular complexity index is 877. The first-order valence-electron chi connectivity index (χ1n) is 11.3. The number of hydrogen-bond acceptors (Lipinski definition) is 3. The van der Waals surface area contributed by atoms with Gasteiger partial charge >= 0.3 is 0 Å². The van der Waals surface area contributed by atoms with Gasteiger partial charge in [0.25, 0.3) is 0 Å². The van der Waals surface area contributed by atoms with Gasteiger partial charge in [-0.2, -0.15) is 0 Å². The maximum absolute atomic E-state index is 13.8. The monoisotopic (exact) mass is 426 g/mol. The zero-order valence-electron chi connectivity index (χ0n) is 18.9. The third-order valence-corrected chi connectivity index (χ3v) is 5.27. The zero-order chi connectivity index (χ0) is 22.5. The number of allylic oxidation sites excluding steroid dienone is 3. The summed E-state index contributed by atoms with van der Waals surface area (Å²) in [5.74, 6) is 0.397. The minimum atomic E-state index is -0.358. The molecule has 1 amide bonds. The van der Waals surface area contributed by atoms with Gasteiger partial charge in [-0.3, -0.25) is 4.79 Å². The van der Waals surface area contributed by atoms with Crippen LogP contribution in [0.15, 0.2) is 60.5 Å². The third-order valence-electron chi connectivity index (χ3n) is 5.27. The highest BCUT2D eigenvalue weighted by atomic mass is 19.1. The van der Waals surface area contributed by atoms with Crippen LogP contribution in [0.3, 0.4) is 0 Å². The van der Waals surface area contributed by atoms with Gasteiger partial charge in [0.15, 0.2) is 0 Å². The van der Waals surface area contributed by atoms with Crippen LogP contribution in [0.1, 0.15) is 59.3 Å². The van der Waals surface area contributed by atoms with Crippen LogP contribution in [0.5, 0.6) is 5.88 Å². The summed E-state index contributed by atoms with van der Waals surface area (Å²) in [6.45, 7) is 6.66. The number of aromatic nitrogens is 1. The highest BCUT2D eigenvalue weighted by Crippen LogP contribution is 2.16. The van der Waals surface area contributed by atoms with Crippen LogP contribution in [0.4, 0.5) is 4.39 Å². The Balaban J connectivity index is 1.52. The van der Waals surface area contributed by atoms with Gasteiger partial charge in [-0.25, -0.2) is 9.37 Å². The first kappa shape index (κ1) is 24.6. The predicted octanol–water partition coefficient (Wildman–Crippen LogP) is 6.52. The lowest BCUT2D eigenvalue weighted by Gasteiger charge is -2.15. The van der Waals surface area contributed by atoms with Crippen molar-refractivity contribution in [3.8, 4) is 5.88 Å². The molecule has 2 rings (SSSR count). The van der Waals surface area contributed by atoms with E-state index in [1.807, 2.05) is 57.2 Å². The average Bonchev–Trinajstić information content (AvgIpc) is 2.76. The number of para-hydroxylation sites is 1. The van der Waals surface area contributed by atoms with Crippen molar-refractivity contribution in [1.82, 2.24) is 10.3 Å². The molecule has 0 aliphatic heterocycles. The number of benzene rings is 1. The number of unbranched alkanes of at least 4 members (excludes halogenated alkanes) is 5. The van der Waals surface area contributed by atoms with E-state index in [1.165, 1.54) is 12.2 Å². The Morgan fingerprint density at radius 2 is 1.77 bits per heavy atom. The van der Waals surface area contributed by atoms with Crippen molar-refractivity contribution in [1.29, 1.82) is 0 Å². The minimum Gasteiger partial charge on any atom is -0.478 e. The van der Waals surface area contributed by atoms with E-state index in [0.29, 0.717) is 24.8 Å². The minimum absolute atomic E-state index is 0.0680. The smallest absolute Gasteiger partial charge is 0.244 e. The largest absolute Gasteiger partial charge is 0.478 e. The Kier molecular flexibility index (Phi) is 10.8. The summed E-state index contributed by atoms with van der Waals surface area (Å²) in [4.78, 5) is 16.2. The summed E-state index contributed by atoms with van der Waals surface area (Å²) in [5, 5.41) is 3.93. The normalized spacial score (nSPS) is 13.1. The number of halogens is 1. The number of nitrogens with zero attached hydrogens (tertiary/aromatic N) is 1. The van der Waals surface area contributed by atoms with Crippen molar-refractivity contribution in [2.45, 2.75) is 65.3 Å². The molecule has 4 nitrogen and oxygen atoms in total. The number of fused-ring (bicyclic) bond motifs is 1. The number of amides is 1. The fourth-order valence-corrected chi connectivity index (χ4v) is 2.98. The van der Waals surface area contributed by atoms with Crippen LogP contribution < -0.4 is 10.1 Å². The molecule has 1 aromatic carbocycles. The molecule has 0 fully saturated rings. The Morgan fingerprint density at radius 1 is 1.03 bits per heavy atom. The fraction of sp³-hybridized carbons (Fsp3) is 0.462. The highest BCUT2D eigenvalue weighted by Gasteiger charge is 2.08. The lowest BCUT2D eigenvalue weighted by Crippen LogP contribution is -2.34. The van der Waals surface area contributed by atoms with E-state index in [9.17, 15) is 9.18 Å². The number of hydrogen-bond donors (Lipinski definition) is 1. The summed E-state index contributed by atoms with van der Waals surface area (Å²) < 4.78 is 19.5. The molecule has 1 heterocycles. The van der Waals surface area contributed by atoms with Crippen molar-refractivity contribution >= 4 is 16.8 Å². The molecule has 0 saturated heterocycles. The van der Waals surface area contributed by atoms with E-state index in [2.05, 4.69) is 10.3 Å². The molecular formula is C26H35FN2O2. The van der Waals surface area contributed by atoms with Crippen molar-refractivity contribution < 1.29 is 13.9 Å². The number of rotatable bonds is 13. The first-order valence-corrected chi connectivity index (χ1v) is 11.3. The molecule has 0 aliphatic rings. The van der Waals surface area contributed by atoms with Gasteiger partial charge in [-0.15, -0.1) is 0 Å². The molecule has 2 aromatic rings. The molecule has 1 aromatic heterocycles. The molecular weight excluding hydrogens is 391 g/mol. The molecule has 31 heavy (non-hydrogen) atoms. The number of nitrogens with one attached hydrogen (secondary N) is 1. The van der Waals surface area contributed by atoms with Gasteiger partial charge in [0.2, 0.25) is 11.8 Å². The molecule has 0 spiro atoms. The van der Waals surface area contributed by atoms with E-state index in [0.717, 1.165) is 43.0 Å². The van der Waals surface area contributed by atoms with Crippen LogP contribution >= 0.6 is 0 Å². The number of ether oxygens (including phenoxy) is 1. The van der Waals surface area contributed by atoms with Crippen molar-refractivity contribution in [2.75, 3.05) is 6.61 Å². The second-order valence-corrected chi connectivity index (χ2v) is 8.21. The zero-order valence-corrected chi connectivity index (χ0v) is 18.9. The molecule has 0 bridgehead atoms. The SMILES string of the molecule is CC(C)C(C)NC(=O)/C=C/C(F)=C\CCCCCCCOc1ccc2ccccc2n1. The van der Waals surface area contributed by atoms with Gasteiger partial charge in [0.05, 0.1) is 12.1 Å². The molecule has 0 saturated carbocycles. The molecule has 0 aliphatic carbocycles. The van der Waals surface area contributed by atoms with Crippen molar-refractivity contribution in [2.24, 2.45) is 5.92 Å². The number of carbonyl (C=O) groups excluding carboxylic acids is 1. The fourth-order valence-electron chi connectivity index (χ4n) is 2.98. The van der Waals surface area contributed by atoms with Crippen LogP contribution in [-0.4, -0.2) is 23.5 Å². The molecule has 1 atom stereocenters. The van der Waals surface area contributed by atoms with E-state index >= 15 is 0 Å². The third kappa shape index (κ3) is 9.77. The second-order valence-electron chi connectivity index (χ2n) is 8.21. The average molecular weight is 427 g/mol. The second kappa shape index (κ2) is 13.6. The predicted molar refractivity (Wildman–Crippen MR) is 126 cm³/mol. The van der Waals surface area contributed by atoms with Crippen LogP contribution in [0.2, 0.25) is 0 Å². The number of pyridine rings is 1. The summed E-state index contributed by atoms with van der Waals surface area (Å²) in [7, 11) is 0. The van der Waals surface area contributed by atoms with E-state index < -0.39 is 0 Å². The molecule has 5 heteroatoms. The van der Waals surface area contributed by atoms with Crippen LogP contribution in [-0.2, 0) is 4.79 Å². The quantitative estimate of drug-likeness (QED) is 0.225. The van der Waals surface area contributed by atoms with E-state index in [4.69, 9.17) is 4.74 Å². The standard InChI is InChI=1S/C26H35FN2O2/c1-20(2)21(3)28-25(30)17-16-23(27)13-8-6-4-5-7-11-19-31-26-18-15-22-12-9-10-14-24(22)29-26/h9-10,12-18,20-21H,4-8,11,19H2,1-3H3,(H,28,30)/b17-16+,23-13+.